The first-order chi connectivity index (χ1) is 7.99. The maximum Gasteiger partial charge on any atom is 0.271 e. The van der Waals surface area contributed by atoms with Gasteiger partial charge in [0.25, 0.3) is 5.91 Å². The van der Waals surface area contributed by atoms with Crippen LogP contribution in [0.1, 0.15) is 12.5 Å². The molecule has 1 fully saturated rings. The molecular weight excluding hydrogens is 284 g/mol. The predicted octanol–water partition coefficient (Wildman–Crippen LogP) is 1.90. The fourth-order valence-corrected chi connectivity index (χ4v) is 2.03. The predicted molar refractivity (Wildman–Crippen MR) is 69.2 cm³/mol. The Balaban J connectivity index is 2.31. The fourth-order valence-electron chi connectivity index (χ4n) is 1.63. The molecule has 0 saturated carbocycles. The number of nitrogens with one attached hydrogen (secondary N) is 1. The Labute approximate surface area is 108 Å². The highest BCUT2D eigenvalue weighted by atomic mass is 79.9. The lowest BCUT2D eigenvalue weighted by molar-refractivity contribution is -0.124. The molecule has 1 atom stereocenters. The van der Waals surface area contributed by atoms with Crippen LogP contribution in [0.2, 0.25) is 0 Å². The number of carbonyl (C=O) groups is 1. The van der Waals surface area contributed by atoms with Gasteiger partial charge in [-0.2, -0.15) is 0 Å². The molecule has 17 heavy (non-hydrogen) atoms. The molecule has 1 unspecified atom stereocenters. The van der Waals surface area contributed by atoms with Crippen LogP contribution in [-0.2, 0) is 4.79 Å². The second kappa shape index (κ2) is 4.41. The number of hydrogen-bond donors (Lipinski definition) is 2. The SMILES string of the molecule is CC1N/C(=C\c2ccc(O)c(Br)c2)C(=O)N1C. The van der Waals surface area contributed by atoms with Crippen molar-refractivity contribution in [2.24, 2.45) is 0 Å². The molecule has 0 radical (unpaired) electrons. The molecule has 0 aliphatic carbocycles. The van der Waals surface area contributed by atoms with Crippen molar-refractivity contribution in [1.82, 2.24) is 10.2 Å². The van der Waals surface area contributed by atoms with Crippen LogP contribution in [0.4, 0.5) is 0 Å². The van der Waals surface area contributed by atoms with Crippen LogP contribution in [-0.4, -0.2) is 29.1 Å². The summed E-state index contributed by atoms with van der Waals surface area (Å²) in [6.07, 6.45) is 1.78. The van der Waals surface area contributed by atoms with E-state index in [4.69, 9.17) is 0 Å². The van der Waals surface area contributed by atoms with Crippen molar-refractivity contribution >= 4 is 27.9 Å². The summed E-state index contributed by atoms with van der Waals surface area (Å²) in [7, 11) is 1.76. The van der Waals surface area contributed by atoms with Gasteiger partial charge in [0.05, 0.1) is 10.6 Å². The van der Waals surface area contributed by atoms with Crippen LogP contribution < -0.4 is 5.32 Å². The Kier molecular flexibility index (Phi) is 3.11. The molecule has 1 aliphatic heterocycles. The maximum absolute atomic E-state index is 11.8. The Morgan fingerprint density at radius 1 is 1.53 bits per heavy atom. The third-order valence-electron chi connectivity index (χ3n) is 2.78. The van der Waals surface area contributed by atoms with E-state index in [1.807, 2.05) is 6.92 Å². The van der Waals surface area contributed by atoms with Crippen molar-refractivity contribution in [3.05, 3.63) is 33.9 Å². The van der Waals surface area contributed by atoms with Crippen molar-refractivity contribution < 1.29 is 9.90 Å². The molecule has 1 amide bonds. The van der Waals surface area contributed by atoms with E-state index in [1.165, 1.54) is 0 Å². The average Bonchev–Trinajstić information content (AvgIpc) is 2.52. The number of carbonyl (C=O) groups excluding carboxylic acids is 1. The van der Waals surface area contributed by atoms with E-state index in [1.54, 1.807) is 36.2 Å². The standard InChI is InChI=1S/C12H13BrN2O2/c1-7-14-10(12(17)15(7)2)6-8-3-4-11(16)9(13)5-8/h3-7,14,16H,1-2H3/b10-6-. The number of benzene rings is 1. The topological polar surface area (TPSA) is 52.6 Å². The highest BCUT2D eigenvalue weighted by Crippen LogP contribution is 2.25. The molecule has 5 heteroatoms. The van der Waals surface area contributed by atoms with E-state index in [-0.39, 0.29) is 17.8 Å². The van der Waals surface area contributed by atoms with Crippen LogP contribution in [0.25, 0.3) is 6.08 Å². The van der Waals surface area contributed by atoms with E-state index in [0.717, 1.165) is 5.56 Å². The van der Waals surface area contributed by atoms with E-state index in [9.17, 15) is 9.90 Å². The molecule has 2 N–H and O–H groups in total. The van der Waals surface area contributed by atoms with Crippen LogP contribution in [0.5, 0.6) is 5.75 Å². The summed E-state index contributed by atoms with van der Waals surface area (Å²) in [5, 5.41) is 12.5. The lowest BCUT2D eigenvalue weighted by Crippen LogP contribution is -2.30. The maximum atomic E-state index is 11.8. The van der Waals surface area contributed by atoms with Crippen molar-refractivity contribution in [2.75, 3.05) is 7.05 Å². The molecule has 90 valence electrons. The summed E-state index contributed by atoms with van der Waals surface area (Å²) in [5.41, 5.74) is 1.42. The second-order valence-electron chi connectivity index (χ2n) is 4.01. The lowest BCUT2D eigenvalue weighted by atomic mass is 10.2. The quantitative estimate of drug-likeness (QED) is 0.779. The molecule has 0 aromatic heterocycles. The number of amides is 1. The van der Waals surface area contributed by atoms with Gasteiger partial charge in [-0.05, 0) is 46.6 Å². The zero-order chi connectivity index (χ0) is 12.6. The van der Waals surface area contributed by atoms with Crippen LogP contribution in [0.15, 0.2) is 28.4 Å². The third-order valence-corrected chi connectivity index (χ3v) is 3.41. The Morgan fingerprint density at radius 2 is 2.24 bits per heavy atom. The number of phenols is 1. The van der Waals surface area contributed by atoms with Crippen LogP contribution in [0.3, 0.4) is 0 Å². The van der Waals surface area contributed by atoms with E-state index >= 15 is 0 Å². The Morgan fingerprint density at radius 3 is 2.76 bits per heavy atom. The minimum Gasteiger partial charge on any atom is -0.507 e. The molecular formula is C12H13BrN2O2. The first-order valence-corrected chi connectivity index (χ1v) is 6.02. The Bertz CT molecular complexity index is 499. The van der Waals surface area contributed by atoms with Crippen molar-refractivity contribution in [3.63, 3.8) is 0 Å². The van der Waals surface area contributed by atoms with Crippen molar-refractivity contribution in [2.45, 2.75) is 13.1 Å². The van der Waals surface area contributed by atoms with Gasteiger partial charge < -0.3 is 15.3 Å². The molecule has 0 bridgehead atoms. The number of hydrogen-bond acceptors (Lipinski definition) is 3. The van der Waals surface area contributed by atoms with Gasteiger partial charge in [0.2, 0.25) is 0 Å². The van der Waals surface area contributed by atoms with Gasteiger partial charge >= 0.3 is 0 Å². The summed E-state index contributed by atoms with van der Waals surface area (Å²) >= 11 is 3.24. The van der Waals surface area contributed by atoms with E-state index in [2.05, 4.69) is 21.2 Å². The first kappa shape index (κ1) is 12.0. The minimum absolute atomic E-state index is 0.00862. The van der Waals surface area contributed by atoms with Gasteiger partial charge in [-0.15, -0.1) is 0 Å². The summed E-state index contributed by atoms with van der Waals surface area (Å²) in [5.74, 6) is 0.157. The Hall–Kier alpha value is -1.49. The van der Waals surface area contributed by atoms with Gasteiger partial charge in [0.15, 0.2) is 0 Å². The van der Waals surface area contributed by atoms with Gasteiger partial charge in [0, 0.05) is 7.05 Å². The van der Waals surface area contributed by atoms with Gasteiger partial charge in [-0.1, -0.05) is 6.07 Å². The number of rotatable bonds is 1. The molecule has 1 aliphatic rings. The molecule has 1 aromatic rings. The molecule has 2 rings (SSSR count). The van der Waals surface area contributed by atoms with E-state index in [0.29, 0.717) is 10.2 Å². The van der Waals surface area contributed by atoms with Gasteiger partial charge in [-0.25, -0.2) is 0 Å². The minimum atomic E-state index is -0.0262. The number of phenolic OH excluding ortho intramolecular Hbond substituents is 1. The highest BCUT2D eigenvalue weighted by Gasteiger charge is 2.28. The molecule has 1 heterocycles. The number of nitrogens with zero attached hydrogens (tertiary/aromatic N) is 1. The zero-order valence-electron chi connectivity index (χ0n) is 9.57. The van der Waals surface area contributed by atoms with Gasteiger partial charge in [0.1, 0.15) is 11.4 Å². The largest absolute Gasteiger partial charge is 0.507 e. The molecule has 1 aromatic carbocycles. The number of likely N-dealkylation sites (N-methyl/N-ethyl adjacent to an activating group) is 1. The lowest BCUT2D eigenvalue weighted by Gasteiger charge is -2.12. The normalized spacial score (nSPS) is 22.1. The number of halogens is 1. The summed E-state index contributed by atoms with van der Waals surface area (Å²) in [6.45, 7) is 1.92. The summed E-state index contributed by atoms with van der Waals surface area (Å²) in [4.78, 5) is 13.4. The highest BCUT2D eigenvalue weighted by molar-refractivity contribution is 9.10. The van der Waals surface area contributed by atoms with Gasteiger partial charge in [-0.3, -0.25) is 4.79 Å². The fraction of sp³-hybridized carbons (Fsp3) is 0.250. The molecule has 4 nitrogen and oxygen atoms in total. The average molecular weight is 297 g/mol. The molecule has 0 spiro atoms. The van der Waals surface area contributed by atoms with Crippen molar-refractivity contribution in [3.8, 4) is 5.75 Å². The second-order valence-corrected chi connectivity index (χ2v) is 4.86. The molecule has 1 saturated heterocycles. The monoisotopic (exact) mass is 296 g/mol. The van der Waals surface area contributed by atoms with E-state index < -0.39 is 0 Å². The first-order valence-electron chi connectivity index (χ1n) is 5.23. The summed E-state index contributed by atoms with van der Waals surface area (Å²) in [6, 6.07) is 5.11. The van der Waals surface area contributed by atoms with Crippen molar-refractivity contribution in [1.29, 1.82) is 0 Å². The zero-order valence-corrected chi connectivity index (χ0v) is 11.2. The summed E-state index contributed by atoms with van der Waals surface area (Å²) < 4.78 is 0.610. The third kappa shape index (κ3) is 2.29. The van der Waals surface area contributed by atoms with Crippen LogP contribution >= 0.6 is 15.9 Å². The number of aromatic hydroxyl groups is 1. The van der Waals surface area contributed by atoms with Crippen LogP contribution in [0, 0.1) is 0 Å². The smallest absolute Gasteiger partial charge is 0.271 e.